The molecule has 0 bridgehead atoms. The molecule has 0 spiro atoms. The molecule has 0 radical (unpaired) electrons. The van der Waals surface area contributed by atoms with Crippen molar-refractivity contribution in [3.63, 3.8) is 0 Å². The second-order valence-corrected chi connectivity index (χ2v) is 10.3. The molecule has 2 aromatic heterocycles. The van der Waals surface area contributed by atoms with Gasteiger partial charge in [-0.25, -0.2) is 0 Å². The van der Waals surface area contributed by atoms with Gasteiger partial charge in [-0.15, -0.1) is 0 Å². The molecule has 1 N–H and O–H groups in total. The first-order valence-corrected chi connectivity index (χ1v) is 12.6. The third kappa shape index (κ3) is 4.84. The van der Waals surface area contributed by atoms with E-state index in [0.717, 1.165) is 60.3 Å². The van der Waals surface area contributed by atoms with Gasteiger partial charge in [0.15, 0.2) is 0 Å². The number of nitrogens with zero attached hydrogens (tertiary/aromatic N) is 4. The van der Waals surface area contributed by atoms with E-state index in [1.165, 1.54) is 16.9 Å². The van der Waals surface area contributed by atoms with E-state index in [1.54, 1.807) is 18.1 Å². The summed E-state index contributed by atoms with van der Waals surface area (Å²) in [6.45, 7) is 7.30. The Kier molecular flexibility index (Phi) is 6.88. The summed E-state index contributed by atoms with van der Waals surface area (Å²) in [4.78, 5) is 14.9. The molecule has 1 atom stereocenters. The van der Waals surface area contributed by atoms with Crippen LogP contribution in [0.5, 0.6) is 11.5 Å². The van der Waals surface area contributed by atoms with Crippen LogP contribution in [-0.4, -0.2) is 62.2 Å². The van der Waals surface area contributed by atoms with Crippen molar-refractivity contribution < 1.29 is 9.47 Å². The van der Waals surface area contributed by atoms with Gasteiger partial charge in [-0.05, 0) is 0 Å². The van der Waals surface area contributed by atoms with Gasteiger partial charge >= 0.3 is 197 Å². The van der Waals surface area contributed by atoms with Gasteiger partial charge in [0.25, 0.3) is 0 Å². The first kappa shape index (κ1) is 21.2. The van der Waals surface area contributed by atoms with Crippen molar-refractivity contribution in [3.05, 3.63) is 22.0 Å². The maximum absolute atomic E-state index is 5.77. The van der Waals surface area contributed by atoms with Crippen LogP contribution < -0.4 is 19.3 Å². The Balaban J connectivity index is 1.66. The minimum atomic E-state index is 0.481. The fourth-order valence-corrected chi connectivity index (χ4v) is 5.32. The second-order valence-electron chi connectivity index (χ2n) is 6.97. The molecular formula is C19H23AsIN5O2S. The van der Waals surface area contributed by atoms with Crippen molar-refractivity contribution in [1.82, 2.24) is 24.8 Å². The zero-order valence-electron chi connectivity index (χ0n) is 16.3. The van der Waals surface area contributed by atoms with Crippen molar-refractivity contribution in [2.45, 2.75) is 42.9 Å². The summed E-state index contributed by atoms with van der Waals surface area (Å²) < 4.78 is 15.7. The molecule has 7 nitrogen and oxygen atoms in total. The third-order valence-corrected chi connectivity index (χ3v) is 7.63. The number of ether oxygens (including phenoxy) is 2. The van der Waals surface area contributed by atoms with E-state index >= 15 is 0 Å². The fraction of sp³-hybridized carbons (Fsp3) is 0.421. The molecule has 29 heavy (non-hydrogen) atoms. The molecule has 3 heterocycles. The monoisotopic (exact) mass is 587 g/mol. The van der Waals surface area contributed by atoms with Crippen LogP contribution >= 0.6 is 34.4 Å². The Morgan fingerprint density at radius 2 is 2.00 bits per heavy atom. The van der Waals surface area contributed by atoms with Crippen LogP contribution in [0.4, 0.5) is 0 Å². The van der Waals surface area contributed by atoms with Gasteiger partial charge in [0.2, 0.25) is 0 Å². The molecule has 0 saturated carbocycles. The summed E-state index contributed by atoms with van der Waals surface area (Å²) >= 11 is 5.45. The van der Waals surface area contributed by atoms with Crippen molar-refractivity contribution in [3.8, 4) is 11.5 Å². The molecule has 1 aliphatic heterocycles. The predicted octanol–water partition coefficient (Wildman–Crippen LogP) is 2.00. The Morgan fingerprint density at radius 3 is 2.76 bits per heavy atom. The minimum absolute atomic E-state index is 0.481. The van der Waals surface area contributed by atoms with Crippen LogP contribution in [0.2, 0.25) is 0 Å². The molecule has 10 heteroatoms. The van der Waals surface area contributed by atoms with Gasteiger partial charge in [-0.2, -0.15) is 0 Å². The summed E-state index contributed by atoms with van der Waals surface area (Å²) in [5.41, 5.74) is 1.79. The van der Waals surface area contributed by atoms with Crippen LogP contribution in [0, 0.1) is 3.57 Å². The number of imidazole rings is 1. The second kappa shape index (κ2) is 9.41. The Bertz CT molecular complexity index is 1030. The first-order chi connectivity index (χ1) is 14.0. The summed E-state index contributed by atoms with van der Waals surface area (Å²) in [5.74, 6) is 1.60. The molecule has 1 unspecified atom stereocenters. The van der Waals surface area contributed by atoms with Crippen molar-refractivity contribution in [1.29, 1.82) is 0 Å². The maximum atomic E-state index is 5.77. The normalized spacial score (nSPS) is 13.4. The zero-order valence-corrected chi connectivity index (χ0v) is 21.7. The molecule has 0 amide bonds. The number of nitrogens with one attached hydrogen (secondary N) is 1. The number of aromatic nitrogens is 4. The number of benzene rings is 1. The predicted molar refractivity (Wildman–Crippen MR) is 126 cm³/mol. The molecular weight excluding hydrogens is 564 g/mol. The molecule has 0 saturated heterocycles. The van der Waals surface area contributed by atoms with E-state index in [4.69, 9.17) is 14.5 Å². The van der Waals surface area contributed by atoms with E-state index in [2.05, 4.69) is 56.3 Å². The number of hydrogen-bond donors (Lipinski definition) is 1. The average Bonchev–Trinajstić information content (AvgIpc) is 3.04. The van der Waals surface area contributed by atoms with Crippen molar-refractivity contribution in [2.75, 3.05) is 19.8 Å². The standard InChI is InChI=1S/C19H23AsIN5O2S/c1-11(2)22-4-3-5-26-18-16(17(20)23-10-24-18)25-19(26)29-15-9-14-13(8-12(15)21)27-6-7-28-14/h8-11,22H,3-7,20H2,1-2H3. The molecule has 4 rings (SSSR count). The average molecular weight is 587 g/mol. The number of aryl methyl sites for hydroxylation is 1. The molecule has 0 aliphatic carbocycles. The van der Waals surface area contributed by atoms with Crippen LogP contribution in [0.1, 0.15) is 20.3 Å². The number of hydrogen-bond acceptors (Lipinski definition) is 7. The van der Waals surface area contributed by atoms with Crippen molar-refractivity contribution >= 4 is 66.9 Å². The van der Waals surface area contributed by atoms with Gasteiger partial charge < -0.3 is 0 Å². The van der Waals surface area contributed by atoms with Crippen LogP contribution in [0.15, 0.2) is 28.5 Å². The summed E-state index contributed by atoms with van der Waals surface area (Å²) in [6, 6.07) is 4.56. The van der Waals surface area contributed by atoms with Gasteiger partial charge in [-0.3, -0.25) is 0 Å². The fourth-order valence-electron chi connectivity index (χ4n) is 3.06. The van der Waals surface area contributed by atoms with Crippen LogP contribution in [-0.2, 0) is 6.54 Å². The quantitative estimate of drug-likeness (QED) is 0.258. The van der Waals surface area contributed by atoms with E-state index in [1.807, 2.05) is 12.1 Å². The van der Waals surface area contributed by atoms with E-state index < -0.39 is 0 Å². The van der Waals surface area contributed by atoms with E-state index in [0.29, 0.717) is 19.3 Å². The van der Waals surface area contributed by atoms with Gasteiger partial charge in [0, 0.05) is 0 Å². The summed E-state index contributed by atoms with van der Waals surface area (Å²) in [7, 11) is 0. The molecule has 0 fully saturated rings. The first-order valence-electron chi connectivity index (χ1n) is 9.50. The van der Waals surface area contributed by atoms with Gasteiger partial charge in [-0.1, -0.05) is 0 Å². The van der Waals surface area contributed by atoms with E-state index in [-0.39, 0.29) is 0 Å². The van der Waals surface area contributed by atoms with Crippen molar-refractivity contribution in [2.24, 2.45) is 0 Å². The Hall–Kier alpha value is -1.03. The summed E-state index contributed by atoms with van der Waals surface area (Å²) in [6.07, 6.45) is 2.63. The number of fused-ring (bicyclic) bond motifs is 2. The Morgan fingerprint density at radius 1 is 1.24 bits per heavy atom. The zero-order chi connectivity index (χ0) is 20.4. The molecule has 3 aromatic rings. The third-order valence-electron chi connectivity index (χ3n) is 4.43. The Labute approximate surface area is 196 Å². The molecule has 1 aliphatic rings. The SMILES string of the molecule is CC(C)NCCCn1c(Sc2cc3c(cc2I)OCCO3)nc2c([AsH2])ncnc21. The molecule has 154 valence electrons. The number of halogens is 1. The van der Waals surface area contributed by atoms with Crippen LogP contribution in [0.3, 0.4) is 0 Å². The van der Waals surface area contributed by atoms with E-state index in [9.17, 15) is 0 Å². The van der Waals surface area contributed by atoms with Gasteiger partial charge in [0.1, 0.15) is 0 Å². The molecule has 1 aromatic carbocycles. The van der Waals surface area contributed by atoms with Gasteiger partial charge in [0.05, 0.1) is 0 Å². The summed E-state index contributed by atoms with van der Waals surface area (Å²) in [5, 5.41) is 4.41. The number of rotatable bonds is 7. The van der Waals surface area contributed by atoms with Crippen LogP contribution in [0.25, 0.3) is 11.2 Å². The topological polar surface area (TPSA) is 74.1 Å².